The molecule has 3 heterocycles. The molecule has 1 aliphatic heterocycles. The van der Waals surface area contributed by atoms with Crippen LogP contribution >= 0.6 is 11.3 Å². The fraction of sp³-hybridized carbons (Fsp3) is 0.304. The third-order valence-corrected chi connectivity index (χ3v) is 7.70. The minimum atomic E-state index is -3.76. The summed E-state index contributed by atoms with van der Waals surface area (Å²) < 4.78 is 25.0. The largest absolute Gasteiger partial charge is 0.335 e. The number of nitrogens with two attached hydrogens (primary N) is 1. The van der Waals surface area contributed by atoms with E-state index in [1.165, 1.54) is 23.5 Å². The maximum absolute atomic E-state index is 13.1. The van der Waals surface area contributed by atoms with E-state index in [9.17, 15) is 18.0 Å². The summed E-state index contributed by atoms with van der Waals surface area (Å²) in [6.45, 7) is 6.57. The number of Topliss-reactive ketones (excluding diaryl/α,β-unsaturated/α-hetero) is 1. The Bertz CT molecular complexity index is 1270. The summed E-state index contributed by atoms with van der Waals surface area (Å²) >= 11 is 1.44. The van der Waals surface area contributed by atoms with Crippen molar-refractivity contribution in [2.75, 3.05) is 32.7 Å². The van der Waals surface area contributed by atoms with Gasteiger partial charge in [-0.2, -0.15) is 0 Å². The van der Waals surface area contributed by atoms with Crippen LogP contribution in [0.15, 0.2) is 52.7 Å². The number of primary sulfonamides is 1. The number of hydrogen-bond donors (Lipinski definition) is 1. The van der Waals surface area contributed by atoms with Gasteiger partial charge in [0.15, 0.2) is 5.78 Å². The lowest BCUT2D eigenvalue weighted by molar-refractivity contribution is 0.0628. The molecule has 2 aromatic heterocycles. The molecular formula is C23H26N4O4S2. The minimum Gasteiger partial charge on any atom is -0.335 e. The molecule has 10 heteroatoms. The van der Waals surface area contributed by atoms with Gasteiger partial charge >= 0.3 is 0 Å². The second-order valence-electron chi connectivity index (χ2n) is 8.13. The topological polar surface area (TPSA) is 106 Å². The van der Waals surface area contributed by atoms with E-state index in [1.54, 1.807) is 12.1 Å². The lowest BCUT2D eigenvalue weighted by Crippen LogP contribution is -2.49. The molecule has 2 N–H and O–H groups in total. The Hall–Kier alpha value is -2.79. The van der Waals surface area contributed by atoms with Gasteiger partial charge in [0.05, 0.1) is 16.3 Å². The van der Waals surface area contributed by atoms with Gasteiger partial charge in [-0.05, 0) is 55.6 Å². The Morgan fingerprint density at radius 2 is 1.70 bits per heavy atom. The van der Waals surface area contributed by atoms with E-state index in [1.807, 2.05) is 46.9 Å². The van der Waals surface area contributed by atoms with Crippen LogP contribution in [0.1, 0.15) is 31.4 Å². The number of amides is 1. The van der Waals surface area contributed by atoms with Crippen LogP contribution in [0.5, 0.6) is 0 Å². The van der Waals surface area contributed by atoms with Gasteiger partial charge in [0, 0.05) is 48.8 Å². The fourth-order valence-corrected chi connectivity index (χ4v) is 5.39. The highest BCUT2D eigenvalue weighted by atomic mass is 32.2. The monoisotopic (exact) mass is 486 g/mol. The van der Waals surface area contributed by atoms with E-state index in [-0.39, 0.29) is 23.1 Å². The van der Waals surface area contributed by atoms with Gasteiger partial charge in [-0.15, -0.1) is 11.3 Å². The van der Waals surface area contributed by atoms with E-state index in [4.69, 9.17) is 5.14 Å². The summed E-state index contributed by atoms with van der Waals surface area (Å²) in [6.07, 6.45) is 0. The van der Waals surface area contributed by atoms with Crippen molar-refractivity contribution in [3.63, 3.8) is 0 Å². The van der Waals surface area contributed by atoms with Gasteiger partial charge in [0.25, 0.3) is 5.91 Å². The molecule has 0 unspecified atom stereocenters. The average Bonchev–Trinajstić information content (AvgIpc) is 3.41. The molecule has 4 rings (SSSR count). The van der Waals surface area contributed by atoms with Crippen molar-refractivity contribution in [2.24, 2.45) is 5.14 Å². The van der Waals surface area contributed by atoms with Crippen LogP contribution in [0.2, 0.25) is 0 Å². The van der Waals surface area contributed by atoms with Crippen molar-refractivity contribution in [1.82, 2.24) is 14.4 Å². The van der Waals surface area contributed by atoms with Gasteiger partial charge in [0.2, 0.25) is 10.0 Å². The molecule has 1 aromatic carbocycles. The molecule has 0 aliphatic carbocycles. The lowest BCUT2D eigenvalue weighted by Gasteiger charge is -2.34. The number of hydrogen-bond acceptors (Lipinski definition) is 6. The number of carbonyl (C=O) groups is 2. The Morgan fingerprint density at radius 3 is 2.27 bits per heavy atom. The molecule has 0 saturated carbocycles. The highest BCUT2D eigenvalue weighted by molar-refractivity contribution is 7.89. The lowest BCUT2D eigenvalue weighted by atomic mass is 10.1. The molecule has 8 nitrogen and oxygen atoms in total. The fourth-order valence-electron chi connectivity index (χ4n) is 4.18. The highest BCUT2D eigenvalue weighted by Crippen LogP contribution is 2.23. The summed E-state index contributed by atoms with van der Waals surface area (Å²) in [5.74, 6) is 0.0708. The number of thiophene rings is 1. The third-order valence-electron chi connectivity index (χ3n) is 5.91. The zero-order chi connectivity index (χ0) is 23.8. The van der Waals surface area contributed by atoms with Crippen LogP contribution < -0.4 is 5.14 Å². The quantitative estimate of drug-likeness (QED) is 0.539. The summed E-state index contributed by atoms with van der Waals surface area (Å²) in [5, 5.41) is 7.08. The number of nitrogens with zero attached hydrogens (tertiary/aromatic N) is 3. The molecule has 0 radical (unpaired) electrons. The molecule has 3 aromatic rings. The van der Waals surface area contributed by atoms with Crippen molar-refractivity contribution in [2.45, 2.75) is 18.7 Å². The SMILES string of the molecule is Cc1cc(C(=O)CN2CCN(C(=O)c3cccs3)CC2)c(C)n1-c1ccc(S(N)(=O)=O)cc1. The van der Waals surface area contributed by atoms with Gasteiger partial charge in [-0.25, -0.2) is 13.6 Å². The number of piperazine rings is 1. The van der Waals surface area contributed by atoms with Gasteiger partial charge in [-0.1, -0.05) is 6.07 Å². The van der Waals surface area contributed by atoms with Crippen LogP contribution in [0.4, 0.5) is 0 Å². The van der Waals surface area contributed by atoms with Crippen molar-refractivity contribution in [3.05, 3.63) is 69.7 Å². The second kappa shape index (κ2) is 9.22. The number of ketones is 1. The van der Waals surface area contributed by atoms with E-state index in [2.05, 4.69) is 4.90 Å². The Balaban J connectivity index is 1.43. The van der Waals surface area contributed by atoms with E-state index >= 15 is 0 Å². The summed E-state index contributed by atoms with van der Waals surface area (Å²) in [4.78, 5) is 30.3. The Kier molecular flexibility index (Phi) is 6.53. The predicted octanol–water partition coefficient (Wildman–Crippen LogP) is 2.44. The number of rotatable bonds is 6. The van der Waals surface area contributed by atoms with Crippen LogP contribution in [0.3, 0.4) is 0 Å². The number of aryl methyl sites for hydroxylation is 1. The van der Waals surface area contributed by atoms with Crippen LogP contribution in [-0.2, 0) is 10.0 Å². The number of sulfonamides is 1. The zero-order valence-corrected chi connectivity index (χ0v) is 20.2. The first kappa shape index (κ1) is 23.4. The first-order valence-corrected chi connectivity index (χ1v) is 13.0. The van der Waals surface area contributed by atoms with Crippen LogP contribution in [0.25, 0.3) is 5.69 Å². The average molecular weight is 487 g/mol. The van der Waals surface area contributed by atoms with Crippen LogP contribution in [0, 0.1) is 13.8 Å². The van der Waals surface area contributed by atoms with Crippen molar-refractivity contribution in [3.8, 4) is 5.69 Å². The summed E-state index contributed by atoms with van der Waals surface area (Å²) in [6, 6.07) is 11.8. The number of carbonyl (C=O) groups excluding carboxylic acids is 2. The highest BCUT2D eigenvalue weighted by Gasteiger charge is 2.25. The molecule has 0 spiro atoms. The Morgan fingerprint density at radius 1 is 1.03 bits per heavy atom. The Labute approximate surface area is 197 Å². The normalized spacial score (nSPS) is 15.1. The molecule has 0 atom stereocenters. The smallest absolute Gasteiger partial charge is 0.264 e. The summed E-state index contributed by atoms with van der Waals surface area (Å²) in [7, 11) is -3.76. The van der Waals surface area contributed by atoms with Crippen molar-refractivity contribution < 1.29 is 18.0 Å². The zero-order valence-electron chi connectivity index (χ0n) is 18.5. The predicted molar refractivity (Wildman–Crippen MR) is 128 cm³/mol. The van der Waals surface area contributed by atoms with Gasteiger partial charge < -0.3 is 9.47 Å². The maximum atomic E-state index is 13.1. The van der Waals surface area contributed by atoms with E-state index in [0.717, 1.165) is 22.0 Å². The van der Waals surface area contributed by atoms with Crippen LogP contribution in [-0.4, -0.2) is 67.2 Å². The summed E-state index contributed by atoms with van der Waals surface area (Å²) in [5.41, 5.74) is 3.08. The van der Waals surface area contributed by atoms with Gasteiger partial charge in [-0.3, -0.25) is 14.5 Å². The molecule has 33 heavy (non-hydrogen) atoms. The first-order valence-electron chi connectivity index (χ1n) is 10.6. The molecule has 174 valence electrons. The van der Waals surface area contributed by atoms with E-state index in [0.29, 0.717) is 31.7 Å². The van der Waals surface area contributed by atoms with Gasteiger partial charge in [0.1, 0.15) is 0 Å². The first-order chi connectivity index (χ1) is 15.6. The standard InChI is InChI=1S/C23H26N4O4S2/c1-16-14-20(17(2)27(16)18-5-7-19(8-6-18)33(24,30)31)21(28)15-25-9-11-26(12-10-25)23(29)22-4-3-13-32-22/h3-8,13-14H,9-12,15H2,1-2H3,(H2,24,30,31). The molecule has 1 fully saturated rings. The third kappa shape index (κ3) is 4.93. The van der Waals surface area contributed by atoms with Crippen molar-refractivity contribution >= 4 is 33.1 Å². The molecule has 1 aliphatic rings. The van der Waals surface area contributed by atoms with Crippen molar-refractivity contribution in [1.29, 1.82) is 0 Å². The molecule has 1 amide bonds. The maximum Gasteiger partial charge on any atom is 0.264 e. The second-order valence-corrected chi connectivity index (χ2v) is 10.6. The molecule has 0 bridgehead atoms. The molecular weight excluding hydrogens is 460 g/mol. The van der Waals surface area contributed by atoms with E-state index < -0.39 is 10.0 Å². The number of benzene rings is 1. The number of aromatic nitrogens is 1. The molecule has 1 saturated heterocycles. The minimum absolute atomic E-state index is 0.0218.